The van der Waals surface area contributed by atoms with Gasteiger partial charge < -0.3 is 20.5 Å². The number of hydrogen-bond acceptors (Lipinski definition) is 5. The molecular formula is C19H21BrN4O4. The molecule has 3 amide bonds. The monoisotopic (exact) mass is 448 g/mol. The maximum absolute atomic E-state index is 12.1. The second-order valence-corrected chi connectivity index (χ2v) is 6.54. The molecule has 0 bridgehead atoms. The zero-order valence-electron chi connectivity index (χ0n) is 15.5. The van der Waals surface area contributed by atoms with Crippen molar-refractivity contribution < 1.29 is 19.1 Å². The smallest absolute Gasteiger partial charge is 0.332 e. The minimum atomic E-state index is -0.767. The number of benzene rings is 2. The second-order valence-electron chi connectivity index (χ2n) is 5.69. The summed E-state index contributed by atoms with van der Waals surface area (Å²) >= 11 is 3.40. The minimum Gasteiger partial charge on any atom is -0.490 e. The highest BCUT2D eigenvalue weighted by Crippen LogP contribution is 2.33. The van der Waals surface area contributed by atoms with E-state index in [1.807, 2.05) is 38.1 Å². The predicted molar refractivity (Wildman–Crippen MR) is 111 cm³/mol. The molecule has 0 heterocycles. The third-order valence-electron chi connectivity index (χ3n) is 3.44. The number of carbonyl (C=O) groups is 2. The van der Waals surface area contributed by atoms with Gasteiger partial charge >= 0.3 is 6.03 Å². The molecular weight excluding hydrogens is 428 g/mol. The lowest BCUT2D eigenvalue weighted by Gasteiger charge is -2.14. The largest absolute Gasteiger partial charge is 0.490 e. The SMILES string of the molecule is CCOc1cc(C=NNC(N)=O)c(Br)cc1OCC(=O)Nc1ccc(C)cc1. The molecule has 4 N–H and O–H groups in total. The van der Waals surface area contributed by atoms with E-state index in [2.05, 4.69) is 31.8 Å². The van der Waals surface area contributed by atoms with Gasteiger partial charge in [0.15, 0.2) is 18.1 Å². The maximum Gasteiger partial charge on any atom is 0.332 e. The number of primary amides is 1. The number of carbonyl (C=O) groups excluding carboxylic acids is 2. The zero-order valence-corrected chi connectivity index (χ0v) is 17.1. The van der Waals surface area contributed by atoms with Crippen LogP contribution < -0.4 is 25.9 Å². The van der Waals surface area contributed by atoms with Crippen LogP contribution in [0.5, 0.6) is 11.5 Å². The Hall–Kier alpha value is -3.07. The zero-order chi connectivity index (χ0) is 20.5. The summed E-state index contributed by atoms with van der Waals surface area (Å²) in [7, 11) is 0. The number of urea groups is 1. The van der Waals surface area contributed by atoms with Crippen LogP contribution in [0.1, 0.15) is 18.1 Å². The van der Waals surface area contributed by atoms with E-state index in [1.54, 1.807) is 12.1 Å². The van der Waals surface area contributed by atoms with Gasteiger partial charge in [0.1, 0.15) is 0 Å². The summed E-state index contributed by atoms with van der Waals surface area (Å²) < 4.78 is 11.8. The second kappa shape index (κ2) is 10.3. The van der Waals surface area contributed by atoms with Crippen LogP contribution in [0.2, 0.25) is 0 Å². The molecule has 0 unspecified atom stereocenters. The van der Waals surface area contributed by atoms with Gasteiger partial charge in [-0.15, -0.1) is 0 Å². The van der Waals surface area contributed by atoms with Gasteiger partial charge in [-0.1, -0.05) is 17.7 Å². The number of nitrogens with zero attached hydrogens (tertiary/aromatic N) is 1. The first-order valence-corrected chi connectivity index (χ1v) is 9.22. The van der Waals surface area contributed by atoms with Crippen molar-refractivity contribution in [3.05, 3.63) is 52.0 Å². The summed E-state index contributed by atoms with van der Waals surface area (Å²) in [6.45, 7) is 4.03. The average molecular weight is 449 g/mol. The van der Waals surface area contributed by atoms with E-state index in [4.69, 9.17) is 15.2 Å². The first-order valence-electron chi connectivity index (χ1n) is 8.43. The molecule has 28 heavy (non-hydrogen) atoms. The molecule has 8 nitrogen and oxygen atoms in total. The maximum atomic E-state index is 12.1. The fourth-order valence-corrected chi connectivity index (χ4v) is 2.60. The molecule has 0 spiro atoms. The summed E-state index contributed by atoms with van der Waals surface area (Å²) in [5, 5.41) is 6.49. The third kappa shape index (κ3) is 6.58. The summed E-state index contributed by atoms with van der Waals surface area (Å²) in [4.78, 5) is 22.8. The number of ether oxygens (including phenoxy) is 2. The number of nitrogens with one attached hydrogen (secondary N) is 2. The summed E-state index contributed by atoms with van der Waals surface area (Å²) in [6, 6.07) is 10.0. The van der Waals surface area contributed by atoms with E-state index in [9.17, 15) is 9.59 Å². The van der Waals surface area contributed by atoms with Crippen molar-refractivity contribution in [2.45, 2.75) is 13.8 Å². The van der Waals surface area contributed by atoms with Crippen molar-refractivity contribution in [2.24, 2.45) is 10.8 Å². The molecule has 0 fully saturated rings. The number of hydrazone groups is 1. The van der Waals surface area contributed by atoms with E-state index < -0.39 is 6.03 Å². The number of hydrogen-bond donors (Lipinski definition) is 3. The topological polar surface area (TPSA) is 115 Å². The molecule has 0 saturated carbocycles. The number of nitrogens with two attached hydrogens (primary N) is 1. The van der Waals surface area contributed by atoms with Gasteiger partial charge in [-0.05, 0) is 54.0 Å². The van der Waals surface area contributed by atoms with Crippen LogP contribution in [0.4, 0.5) is 10.5 Å². The summed E-state index contributed by atoms with van der Waals surface area (Å²) in [6.07, 6.45) is 1.41. The fraction of sp³-hybridized carbons (Fsp3) is 0.211. The van der Waals surface area contributed by atoms with E-state index >= 15 is 0 Å². The van der Waals surface area contributed by atoms with Crippen LogP contribution in [0.25, 0.3) is 0 Å². The normalized spacial score (nSPS) is 10.5. The molecule has 2 rings (SSSR count). The lowest BCUT2D eigenvalue weighted by Crippen LogP contribution is -2.24. The quantitative estimate of drug-likeness (QED) is 0.424. The lowest BCUT2D eigenvalue weighted by molar-refractivity contribution is -0.118. The first-order chi connectivity index (χ1) is 13.4. The Kier molecular flexibility index (Phi) is 7.82. The van der Waals surface area contributed by atoms with E-state index in [0.29, 0.717) is 33.8 Å². The molecule has 2 aromatic carbocycles. The molecule has 0 saturated heterocycles. The van der Waals surface area contributed by atoms with E-state index in [0.717, 1.165) is 5.56 Å². The standard InChI is InChI=1S/C19H21BrN4O4/c1-3-27-16-8-13(10-22-24-19(21)26)15(20)9-17(16)28-11-18(25)23-14-6-4-12(2)5-7-14/h4-10H,3,11H2,1-2H3,(H,23,25)(H3,21,24,26). The molecule has 9 heteroatoms. The van der Waals surface area contributed by atoms with Crippen molar-refractivity contribution in [1.29, 1.82) is 0 Å². The lowest BCUT2D eigenvalue weighted by atomic mass is 10.2. The number of anilines is 1. The Bertz CT molecular complexity index is 869. The van der Waals surface area contributed by atoms with Crippen LogP contribution in [0, 0.1) is 6.92 Å². The number of rotatable bonds is 8. The summed E-state index contributed by atoms with van der Waals surface area (Å²) in [5.41, 5.74) is 9.52. The Morgan fingerprint density at radius 1 is 1.18 bits per heavy atom. The highest BCUT2D eigenvalue weighted by molar-refractivity contribution is 9.10. The Balaban J connectivity index is 2.07. The molecule has 0 aliphatic carbocycles. The van der Waals surface area contributed by atoms with Crippen molar-refractivity contribution >= 4 is 39.8 Å². The molecule has 0 aliphatic rings. The molecule has 0 aliphatic heterocycles. The molecule has 0 atom stereocenters. The van der Waals surface area contributed by atoms with Crippen molar-refractivity contribution in [3.63, 3.8) is 0 Å². The van der Waals surface area contributed by atoms with Crippen LogP contribution >= 0.6 is 15.9 Å². The summed E-state index contributed by atoms with van der Waals surface area (Å²) in [5.74, 6) is 0.542. The van der Waals surface area contributed by atoms with Crippen LogP contribution in [0.3, 0.4) is 0 Å². The van der Waals surface area contributed by atoms with Gasteiger partial charge in [0.2, 0.25) is 0 Å². The first kappa shape index (κ1) is 21.2. The van der Waals surface area contributed by atoms with Gasteiger partial charge in [0.05, 0.1) is 12.8 Å². The third-order valence-corrected chi connectivity index (χ3v) is 4.12. The molecule has 148 valence electrons. The Morgan fingerprint density at radius 2 is 1.86 bits per heavy atom. The fourth-order valence-electron chi connectivity index (χ4n) is 2.17. The van der Waals surface area contributed by atoms with Crippen LogP contribution in [-0.4, -0.2) is 31.4 Å². The van der Waals surface area contributed by atoms with Gasteiger partial charge in [0.25, 0.3) is 5.91 Å². The Labute approximate surface area is 171 Å². The molecule has 0 radical (unpaired) electrons. The van der Waals surface area contributed by atoms with Gasteiger partial charge in [0, 0.05) is 15.7 Å². The van der Waals surface area contributed by atoms with E-state index in [1.165, 1.54) is 6.21 Å². The highest BCUT2D eigenvalue weighted by atomic mass is 79.9. The number of aryl methyl sites for hydroxylation is 1. The highest BCUT2D eigenvalue weighted by Gasteiger charge is 2.12. The molecule has 2 aromatic rings. The van der Waals surface area contributed by atoms with Crippen molar-refractivity contribution in [1.82, 2.24) is 5.43 Å². The van der Waals surface area contributed by atoms with Gasteiger partial charge in [-0.25, -0.2) is 10.2 Å². The van der Waals surface area contributed by atoms with Gasteiger partial charge in [-0.2, -0.15) is 5.10 Å². The molecule has 0 aromatic heterocycles. The van der Waals surface area contributed by atoms with Crippen LogP contribution in [-0.2, 0) is 4.79 Å². The van der Waals surface area contributed by atoms with Crippen molar-refractivity contribution in [2.75, 3.05) is 18.5 Å². The number of halogens is 1. The van der Waals surface area contributed by atoms with Crippen molar-refractivity contribution in [3.8, 4) is 11.5 Å². The predicted octanol–water partition coefficient (Wildman–Crippen LogP) is 3.18. The number of amides is 3. The average Bonchev–Trinajstić information content (AvgIpc) is 2.64. The van der Waals surface area contributed by atoms with Gasteiger partial charge in [-0.3, -0.25) is 4.79 Å². The minimum absolute atomic E-state index is 0.183. The Morgan fingerprint density at radius 3 is 2.50 bits per heavy atom. The van der Waals surface area contributed by atoms with Crippen LogP contribution in [0.15, 0.2) is 46.0 Å². The van der Waals surface area contributed by atoms with E-state index in [-0.39, 0.29) is 12.5 Å².